The van der Waals surface area contributed by atoms with Gasteiger partial charge in [-0.05, 0) is 58.9 Å². The average Bonchev–Trinajstić information content (AvgIpc) is 2.97. The number of aliphatic imine (C=N–C) groups is 1. The molecule has 1 N–H and O–H groups in total. The SMILES string of the molecule is CN(C)CCN1CC2(C(=O)NC3=NC4(C)C(=CC(F)=CC4F)S3)CCC1CC2. The Balaban J connectivity index is 1.46. The van der Waals surface area contributed by atoms with Crippen molar-refractivity contribution in [3.05, 3.63) is 22.9 Å². The van der Waals surface area contributed by atoms with Crippen molar-refractivity contribution >= 4 is 22.8 Å². The van der Waals surface area contributed by atoms with Gasteiger partial charge in [0.05, 0.1) is 5.41 Å². The summed E-state index contributed by atoms with van der Waals surface area (Å²) in [5, 5.41) is 3.33. The Hall–Kier alpha value is -1.25. The van der Waals surface area contributed by atoms with Crippen LogP contribution in [0.4, 0.5) is 8.78 Å². The summed E-state index contributed by atoms with van der Waals surface area (Å²) in [7, 11) is 4.12. The van der Waals surface area contributed by atoms with Crippen molar-refractivity contribution in [3.8, 4) is 0 Å². The summed E-state index contributed by atoms with van der Waals surface area (Å²) in [6.07, 6.45) is 4.55. The van der Waals surface area contributed by atoms with Crippen LogP contribution in [0.15, 0.2) is 27.9 Å². The number of piperidine rings is 2. The van der Waals surface area contributed by atoms with Gasteiger partial charge in [0.2, 0.25) is 5.91 Å². The molecule has 28 heavy (non-hydrogen) atoms. The minimum Gasteiger partial charge on any atom is -0.308 e. The van der Waals surface area contributed by atoms with Crippen LogP contribution in [-0.4, -0.2) is 72.4 Å². The molecule has 2 bridgehead atoms. The quantitative estimate of drug-likeness (QED) is 0.774. The highest BCUT2D eigenvalue weighted by Crippen LogP contribution is 2.47. The Labute approximate surface area is 169 Å². The van der Waals surface area contributed by atoms with Crippen molar-refractivity contribution < 1.29 is 13.6 Å². The molecule has 0 aromatic carbocycles. The normalized spacial score (nSPS) is 37.4. The molecule has 0 aromatic rings. The number of carbonyl (C=O) groups excluding carboxylic acids is 1. The zero-order valence-corrected chi connectivity index (χ0v) is 17.5. The molecule has 0 radical (unpaired) electrons. The van der Waals surface area contributed by atoms with E-state index in [0.29, 0.717) is 16.1 Å². The first-order valence-corrected chi connectivity index (χ1v) is 10.7. The van der Waals surface area contributed by atoms with Gasteiger partial charge in [0, 0.05) is 30.6 Å². The first-order chi connectivity index (χ1) is 13.2. The second kappa shape index (κ2) is 7.22. The molecule has 5 aliphatic rings. The fourth-order valence-electron chi connectivity index (χ4n) is 4.71. The lowest BCUT2D eigenvalue weighted by Crippen LogP contribution is -2.60. The molecule has 0 aromatic heterocycles. The molecule has 3 aliphatic heterocycles. The zero-order chi connectivity index (χ0) is 20.1. The van der Waals surface area contributed by atoms with Gasteiger partial charge in [0.1, 0.15) is 11.4 Å². The largest absolute Gasteiger partial charge is 0.308 e. The van der Waals surface area contributed by atoms with Gasteiger partial charge in [0.15, 0.2) is 11.3 Å². The number of likely N-dealkylation sites (N-methyl/N-ethyl adjacent to an activating group) is 1. The molecule has 2 unspecified atom stereocenters. The second-order valence-electron chi connectivity index (χ2n) is 8.87. The standard InChI is InChI=1S/C20H28F2N4OS/c1-19-15(22)10-13(21)11-16(19)28-18(24-19)23-17(27)20-6-4-14(5-7-20)26(12-20)9-8-25(2)3/h10-11,14-15H,4-9,12H2,1-3H3,(H,23,24,27). The highest BCUT2D eigenvalue weighted by atomic mass is 32.2. The Kier molecular flexibility index (Phi) is 5.17. The van der Waals surface area contributed by atoms with Gasteiger partial charge < -0.3 is 10.2 Å². The number of carbonyl (C=O) groups is 1. The van der Waals surface area contributed by atoms with Crippen LogP contribution in [0, 0.1) is 5.41 Å². The van der Waals surface area contributed by atoms with Gasteiger partial charge in [-0.25, -0.2) is 13.8 Å². The number of alkyl halides is 1. The van der Waals surface area contributed by atoms with Gasteiger partial charge in [-0.15, -0.1) is 0 Å². The summed E-state index contributed by atoms with van der Waals surface area (Å²) in [6.45, 7) is 4.34. The van der Waals surface area contributed by atoms with E-state index in [4.69, 9.17) is 0 Å². The smallest absolute Gasteiger partial charge is 0.233 e. The second-order valence-corrected chi connectivity index (χ2v) is 9.90. The molecule has 3 fully saturated rings. The third-order valence-electron chi connectivity index (χ3n) is 6.62. The molecule has 8 heteroatoms. The van der Waals surface area contributed by atoms with E-state index in [1.807, 2.05) is 0 Å². The third-order valence-corrected chi connectivity index (χ3v) is 7.76. The van der Waals surface area contributed by atoms with Gasteiger partial charge in [-0.1, -0.05) is 11.8 Å². The lowest BCUT2D eigenvalue weighted by Gasteiger charge is -2.52. The number of nitrogens with one attached hydrogen (secondary N) is 1. The fourth-order valence-corrected chi connectivity index (χ4v) is 5.84. The van der Waals surface area contributed by atoms with Gasteiger partial charge in [-0.2, -0.15) is 0 Å². The van der Waals surface area contributed by atoms with Crippen molar-refractivity contribution in [2.75, 3.05) is 33.7 Å². The van der Waals surface area contributed by atoms with Crippen LogP contribution in [-0.2, 0) is 4.79 Å². The maximum Gasteiger partial charge on any atom is 0.233 e. The Morgan fingerprint density at radius 3 is 2.82 bits per heavy atom. The van der Waals surface area contributed by atoms with Crippen LogP contribution in [0.2, 0.25) is 0 Å². The summed E-state index contributed by atoms with van der Waals surface area (Å²) < 4.78 is 28.0. The van der Waals surface area contributed by atoms with E-state index in [1.165, 1.54) is 17.8 Å². The van der Waals surface area contributed by atoms with Crippen LogP contribution in [0.1, 0.15) is 32.6 Å². The molecule has 1 saturated carbocycles. The van der Waals surface area contributed by atoms with Crippen LogP contribution in [0.5, 0.6) is 0 Å². The van der Waals surface area contributed by atoms with Crippen molar-refractivity contribution in [3.63, 3.8) is 0 Å². The van der Waals surface area contributed by atoms with Crippen molar-refractivity contribution in [1.29, 1.82) is 0 Å². The Bertz CT molecular complexity index is 757. The highest BCUT2D eigenvalue weighted by molar-refractivity contribution is 8.17. The average molecular weight is 411 g/mol. The van der Waals surface area contributed by atoms with Crippen LogP contribution >= 0.6 is 11.8 Å². The van der Waals surface area contributed by atoms with Gasteiger partial charge in [-0.3, -0.25) is 9.69 Å². The predicted molar refractivity (Wildman–Crippen MR) is 109 cm³/mol. The third kappa shape index (κ3) is 3.44. The van der Waals surface area contributed by atoms with Crippen molar-refractivity contribution in [2.45, 2.75) is 50.4 Å². The first kappa shape index (κ1) is 20.0. The molecule has 2 saturated heterocycles. The molecular formula is C20H28F2N4OS. The number of amidine groups is 1. The molecule has 154 valence electrons. The zero-order valence-electron chi connectivity index (χ0n) is 16.7. The summed E-state index contributed by atoms with van der Waals surface area (Å²) in [5.41, 5.74) is -1.55. The van der Waals surface area contributed by atoms with E-state index in [-0.39, 0.29) is 5.91 Å². The van der Waals surface area contributed by atoms with Crippen LogP contribution in [0.3, 0.4) is 0 Å². The molecule has 5 nitrogen and oxygen atoms in total. The molecule has 0 spiro atoms. The lowest BCUT2D eigenvalue weighted by molar-refractivity contribution is -0.139. The van der Waals surface area contributed by atoms with Gasteiger partial charge >= 0.3 is 0 Å². The summed E-state index contributed by atoms with van der Waals surface area (Å²) in [4.78, 5) is 22.8. The minimum atomic E-state index is -1.53. The Morgan fingerprint density at radius 2 is 2.14 bits per heavy atom. The monoisotopic (exact) mass is 410 g/mol. The number of halogens is 2. The fraction of sp³-hybridized carbons (Fsp3) is 0.700. The molecule has 5 rings (SSSR count). The maximum absolute atomic E-state index is 14.4. The first-order valence-electron chi connectivity index (χ1n) is 9.93. The van der Waals surface area contributed by atoms with E-state index >= 15 is 0 Å². The van der Waals surface area contributed by atoms with E-state index in [2.05, 4.69) is 34.2 Å². The highest BCUT2D eigenvalue weighted by Gasteiger charge is 2.51. The summed E-state index contributed by atoms with van der Waals surface area (Å²) >= 11 is 1.17. The summed E-state index contributed by atoms with van der Waals surface area (Å²) in [6, 6.07) is 0.570. The maximum atomic E-state index is 14.4. The lowest BCUT2D eigenvalue weighted by atomic mass is 9.67. The number of hydrogen-bond donors (Lipinski definition) is 1. The number of nitrogens with zero attached hydrogens (tertiary/aromatic N) is 3. The number of amides is 1. The van der Waals surface area contributed by atoms with Crippen molar-refractivity contribution in [1.82, 2.24) is 15.1 Å². The molecular weight excluding hydrogens is 382 g/mol. The Morgan fingerprint density at radius 1 is 1.43 bits per heavy atom. The van der Waals surface area contributed by atoms with E-state index < -0.39 is 23.0 Å². The van der Waals surface area contributed by atoms with Crippen LogP contribution < -0.4 is 5.32 Å². The molecule has 3 heterocycles. The summed E-state index contributed by atoms with van der Waals surface area (Å²) in [5.74, 6) is -0.616. The van der Waals surface area contributed by atoms with Gasteiger partial charge in [0.25, 0.3) is 0 Å². The molecule has 2 aliphatic carbocycles. The van der Waals surface area contributed by atoms with E-state index in [1.54, 1.807) is 6.92 Å². The van der Waals surface area contributed by atoms with E-state index in [0.717, 1.165) is 51.4 Å². The topological polar surface area (TPSA) is 47.9 Å². The number of allylic oxidation sites excluding steroid dienone is 2. The van der Waals surface area contributed by atoms with Crippen LogP contribution in [0.25, 0.3) is 0 Å². The van der Waals surface area contributed by atoms with E-state index in [9.17, 15) is 13.6 Å². The number of fused-ring (bicyclic) bond motifs is 4. The number of hydrogen-bond acceptors (Lipinski definition) is 5. The number of thioether (sulfide) groups is 1. The number of rotatable bonds is 4. The molecule has 2 atom stereocenters. The van der Waals surface area contributed by atoms with Crippen molar-refractivity contribution in [2.24, 2.45) is 10.4 Å². The molecule has 1 amide bonds. The minimum absolute atomic E-state index is 0.0292. The predicted octanol–water partition coefficient (Wildman–Crippen LogP) is 2.86.